The van der Waals surface area contributed by atoms with Crippen molar-refractivity contribution in [3.05, 3.63) is 70.7 Å². The van der Waals surface area contributed by atoms with Gasteiger partial charge in [-0.25, -0.2) is 4.39 Å². The molecule has 1 aliphatic rings. The summed E-state index contributed by atoms with van der Waals surface area (Å²) in [7, 11) is 0. The molecule has 2 heterocycles. The number of benzene rings is 2. The van der Waals surface area contributed by atoms with Crippen LogP contribution in [0, 0.1) is 19.7 Å². The Morgan fingerprint density at radius 2 is 1.73 bits per heavy atom. The molecule has 5 nitrogen and oxygen atoms in total. The summed E-state index contributed by atoms with van der Waals surface area (Å²) in [5.74, 6) is -0.831. The molecule has 0 atom stereocenters. The molecule has 0 N–H and O–H groups in total. The molecule has 0 spiro atoms. The number of furan rings is 1. The Morgan fingerprint density at radius 1 is 1.00 bits per heavy atom. The SMILES string of the molecule is Cc1ccc2c(CC(=O)N3CCCN(C(=O)c4ccccc4F)CC3)coc2c1C. The van der Waals surface area contributed by atoms with Crippen LogP contribution in [0.3, 0.4) is 0 Å². The number of rotatable bonds is 3. The largest absolute Gasteiger partial charge is 0.464 e. The van der Waals surface area contributed by atoms with Crippen LogP contribution in [-0.4, -0.2) is 47.8 Å². The monoisotopic (exact) mass is 408 g/mol. The van der Waals surface area contributed by atoms with Crippen molar-refractivity contribution in [2.24, 2.45) is 0 Å². The van der Waals surface area contributed by atoms with E-state index in [1.165, 1.54) is 12.1 Å². The molecule has 0 saturated carbocycles. The van der Waals surface area contributed by atoms with E-state index in [1.54, 1.807) is 28.2 Å². The minimum atomic E-state index is -0.517. The van der Waals surface area contributed by atoms with Crippen LogP contribution < -0.4 is 0 Å². The van der Waals surface area contributed by atoms with Gasteiger partial charge in [0.2, 0.25) is 5.91 Å². The topological polar surface area (TPSA) is 53.8 Å². The van der Waals surface area contributed by atoms with E-state index in [1.807, 2.05) is 26.0 Å². The van der Waals surface area contributed by atoms with Gasteiger partial charge in [0.05, 0.1) is 18.2 Å². The van der Waals surface area contributed by atoms with E-state index >= 15 is 0 Å². The van der Waals surface area contributed by atoms with Crippen molar-refractivity contribution in [2.75, 3.05) is 26.2 Å². The van der Waals surface area contributed by atoms with E-state index < -0.39 is 5.82 Å². The van der Waals surface area contributed by atoms with Crippen LogP contribution in [0.2, 0.25) is 0 Å². The highest BCUT2D eigenvalue weighted by molar-refractivity contribution is 5.94. The van der Waals surface area contributed by atoms with Crippen molar-refractivity contribution >= 4 is 22.8 Å². The van der Waals surface area contributed by atoms with Gasteiger partial charge in [-0.3, -0.25) is 9.59 Å². The number of hydrogen-bond donors (Lipinski definition) is 0. The summed E-state index contributed by atoms with van der Waals surface area (Å²) in [5.41, 5.74) is 4.02. The standard InChI is InChI=1S/C24H25FN2O3/c1-16-8-9-19-18(15-30-23(19)17(16)2)14-22(28)26-10-5-11-27(13-12-26)24(29)20-6-3-4-7-21(20)25/h3-4,6-9,15H,5,10-14H2,1-2H3. The minimum Gasteiger partial charge on any atom is -0.464 e. The van der Waals surface area contributed by atoms with Crippen molar-refractivity contribution in [1.29, 1.82) is 0 Å². The zero-order chi connectivity index (χ0) is 21.3. The van der Waals surface area contributed by atoms with E-state index in [2.05, 4.69) is 0 Å². The van der Waals surface area contributed by atoms with E-state index in [-0.39, 0.29) is 23.8 Å². The van der Waals surface area contributed by atoms with Crippen molar-refractivity contribution < 1.29 is 18.4 Å². The molecule has 30 heavy (non-hydrogen) atoms. The van der Waals surface area contributed by atoms with Crippen LogP contribution in [0.15, 0.2) is 47.1 Å². The predicted octanol–water partition coefficient (Wildman–Crippen LogP) is 4.11. The van der Waals surface area contributed by atoms with E-state index in [9.17, 15) is 14.0 Å². The minimum absolute atomic E-state index is 0.0103. The first-order chi connectivity index (χ1) is 14.5. The molecule has 1 aromatic heterocycles. The molecule has 4 rings (SSSR count). The molecule has 6 heteroatoms. The number of aryl methyl sites for hydroxylation is 2. The lowest BCUT2D eigenvalue weighted by Gasteiger charge is -2.22. The average molecular weight is 408 g/mol. The van der Waals surface area contributed by atoms with Gasteiger partial charge in [-0.1, -0.05) is 24.3 Å². The van der Waals surface area contributed by atoms with Gasteiger partial charge in [0.15, 0.2) is 0 Å². The van der Waals surface area contributed by atoms with Crippen molar-refractivity contribution in [1.82, 2.24) is 9.80 Å². The quantitative estimate of drug-likeness (QED) is 0.656. The van der Waals surface area contributed by atoms with Crippen LogP contribution in [-0.2, 0) is 11.2 Å². The second-order valence-electron chi connectivity index (χ2n) is 7.83. The molecule has 1 aliphatic heterocycles. The van der Waals surface area contributed by atoms with Crippen molar-refractivity contribution in [2.45, 2.75) is 26.7 Å². The van der Waals surface area contributed by atoms with Crippen molar-refractivity contribution in [3.8, 4) is 0 Å². The molecule has 0 radical (unpaired) electrons. The zero-order valence-corrected chi connectivity index (χ0v) is 17.3. The van der Waals surface area contributed by atoms with Gasteiger partial charge in [0.25, 0.3) is 5.91 Å². The third-order valence-corrected chi connectivity index (χ3v) is 5.92. The molecule has 1 saturated heterocycles. The first-order valence-corrected chi connectivity index (χ1v) is 10.2. The lowest BCUT2D eigenvalue weighted by atomic mass is 10.0. The third kappa shape index (κ3) is 3.82. The Labute approximate surface area is 175 Å². The summed E-state index contributed by atoms with van der Waals surface area (Å²) in [5, 5.41) is 0.970. The average Bonchev–Trinajstić information content (AvgIpc) is 2.97. The highest BCUT2D eigenvalue weighted by Crippen LogP contribution is 2.27. The Bertz CT molecular complexity index is 1110. The number of fused-ring (bicyclic) bond motifs is 1. The second kappa shape index (κ2) is 8.30. The fraction of sp³-hybridized carbons (Fsp3) is 0.333. The smallest absolute Gasteiger partial charge is 0.256 e. The van der Waals surface area contributed by atoms with Gasteiger partial charge >= 0.3 is 0 Å². The first kappa shape index (κ1) is 20.1. The van der Waals surface area contributed by atoms with E-state index in [0.29, 0.717) is 32.6 Å². The fourth-order valence-corrected chi connectivity index (χ4v) is 3.97. The number of halogens is 1. The lowest BCUT2D eigenvalue weighted by molar-refractivity contribution is -0.130. The second-order valence-corrected chi connectivity index (χ2v) is 7.83. The van der Waals surface area contributed by atoms with Crippen LogP contribution in [0.4, 0.5) is 4.39 Å². The third-order valence-electron chi connectivity index (χ3n) is 5.92. The normalized spacial score (nSPS) is 14.8. The summed E-state index contributed by atoms with van der Waals surface area (Å²) in [4.78, 5) is 29.0. The van der Waals surface area contributed by atoms with Crippen molar-refractivity contribution in [3.63, 3.8) is 0 Å². The van der Waals surface area contributed by atoms with Crippen LogP contribution >= 0.6 is 0 Å². The Balaban J connectivity index is 1.43. The molecule has 156 valence electrons. The molecule has 0 aliphatic carbocycles. The summed E-state index contributed by atoms with van der Waals surface area (Å²) >= 11 is 0. The maximum Gasteiger partial charge on any atom is 0.256 e. The summed E-state index contributed by atoms with van der Waals surface area (Å²) < 4.78 is 19.7. The molecular formula is C24H25FN2O3. The molecule has 0 unspecified atom stereocenters. The maximum absolute atomic E-state index is 14.0. The molecule has 0 bridgehead atoms. The van der Waals surface area contributed by atoms with Gasteiger partial charge in [0.1, 0.15) is 11.4 Å². The first-order valence-electron chi connectivity index (χ1n) is 10.2. The summed E-state index contributed by atoms with van der Waals surface area (Å²) in [6, 6.07) is 10.1. The number of hydrogen-bond acceptors (Lipinski definition) is 3. The van der Waals surface area contributed by atoms with Crippen LogP contribution in [0.1, 0.15) is 33.5 Å². The van der Waals surface area contributed by atoms with Crippen LogP contribution in [0.5, 0.6) is 0 Å². The highest BCUT2D eigenvalue weighted by atomic mass is 19.1. The number of nitrogens with zero attached hydrogens (tertiary/aromatic N) is 2. The van der Waals surface area contributed by atoms with Crippen LogP contribution in [0.25, 0.3) is 11.0 Å². The fourth-order valence-electron chi connectivity index (χ4n) is 3.97. The summed E-state index contributed by atoms with van der Waals surface area (Å²) in [6.45, 7) is 5.96. The Hall–Kier alpha value is -3.15. The van der Waals surface area contributed by atoms with Gasteiger partial charge in [-0.15, -0.1) is 0 Å². The number of carbonyl (C=O) groups excluding carboxylic acids is 2. The number of carbonyl (C=O) groups is 2. The van der Waals surface area contributed by atoms with Gasteiger partial charge in [-0.2, -0.15) is 0 Å². The Kier molecular flexibility index (Phi) is 5.57. The van der Waals surface area contributed by atoms with Gasteiger partial charge in [-0.05, 0) is 43.5 Å². The predicted molar refractivity (Wildman–Crippen MR) is 113 cm³/mol. The Morgan fingerprint density at radius 3 is 2.53 bits per heavy atom. The van der Waals surface area contributed by atoms with E-state index in [4.69, 9.17) is 4.42 Å². The summed E-state index contributed by atoms with van der Waals surface area (Å²) in [6.07, 6.45) is 2.59. The lowest BCUT2D eigenvalue weighted by Crippen LogP contribution is -2.38. The van der Waals surface area contributed by atoms with E-state index in [0.717, 1.165) is 27.7 Å². The zero-order valence-electron chi connectivity index (χ0n) is 17.3. The molecular weight excluding hydrogens is 383 g/mol. The molecule has 2 aromatic carbocycles. The molecule has 3 aromatic rings. The van der Waals surface area contributed by atoms with Gasteiger partial charge in [0, 0.05) is 37.1 Å². The maximum atomic E-state index is 14.0. The molecule has 2 amide bonds. The molecule has 1 fully saturated rings. The van der Waals surface area contributed by atoms with Gasteiger partial charge < -0.3 is 14.2 Å². The highest BCUT2D eigenvalue weighted by Gasteiger charge is 2.25. The number of amides is 2.